The van der Waals surface area contributed by atoms with Crippen molar-refractivity contribution in [3.63, 3.8) is 0 Å². The summed E-state index contributed by atoms with van der Waals surface area (Å²) in [5, 5.41) is 0. The number of allylic oxidation sites excluding steroid dienone is 4. The molecule has 2 bridgehead atoms. The monoisotopic (exact) mass is 176 g/mol. The van der Waals surface area contributed by atoms with Gasteiger partial charge in [0.15, 0.2) is 0 Å². The highest BCUT2D eigenvalue weighted by Crippen LogP contribution is 2.65. The summed E-state index contributed by atoms with van der Waals surface area (Å²) >= 11 is 0. The molecule has 0 saturated heterocycles. The van der Waals surface area contributed by atoms with Crippen molar-refractivity contribution >= 4 is 0 Å². The van der Waals surface area contributed by atoms with Crippen LogP contribution in [0.4, 0.5) is 0 Å². The highest BCUT2D eigenvalue weighted by atomic mass is 14.6. The number of hydrogen-bond acceptors (Lipinski definition) is 0. The van der Waals surface area contributed by atoms with Crippen LogP contribution in [0.1, 0.15) is 40.5 Å². The molecule has 2 atom stereocenters. The van der Waals surface area contributed by atoms with Crippen LogP contribution in [0.2, 0.25) is 0 Å². The van der Waals surface area contributed by atoms with E-state index in [0.717, 1.165) is 5.92 Å². The lowest BCUT2D eigenvalue weighted by atomic mass is 9.67. The number of rotatable bonds is 1. The maximum absolute atomic E-state index is 2.50. The summed E-state index contributed by atoms with van der Waals surface area (Å²) in [4.78, 5) is 0. The molecule has 0 spiro atoms. The molecule has 0 aromatic carbocycles. The molecular weight excluding hydrogens is 156 g/mol. The molecule has 2 aliphatic carbocycles. The van der Waals surface area contributed by atoms with Gasteiger partial charge in [0.25, 0.3) is 0 Å². The Morgan fingerprint density at radius 3 is 2.46 bits per heavy atom. The highest BCUT2D eigenvalue weighted by molar-refractivity contribution is 5.38. The molecule has 0 heteroatoms. The Balaban J connectivity index is 2.43. The van der Waals surface area contributed by atoms with Gasteiger partial charge in [0.05, 0.1) is 0 Å². The molecule has 72 valence electrons. The molecular formula is C13H20. The standard InChI is InChI=1S/C13H20/c1-5-6-11-9-10-7-8-13(11,4)12(10,2)3/h5-6,9-10H,7-8H2,1-4H3. The van der Waals surface area contributed by atoms with Gasteiger partial charge in [-0.2, -0.15) is 0 Å². The predicted octanol–water partition coefficient (Wildman–Crippen LogP) is 3.95. The predicted molar refractivity (Wildman–Crippen MR) is 57.5 cm³/mol. The van der Waals surface area contributed by atoms with Crippen molar-refractivity contribution in [2.24, 2.45) is 16.7 Å². The highest BCUT2D eigenvalue weighted by Gasteiger charge is 2.56. The van der Waals surface area contributed by atoms with E-state index in [0.29, 0.717) is 10.8 Å². The van der Waals surface area contributed by atoms with E-state index in [9.17, 15) is 0 Å². The van der Waals surface area contributed by atoms with Crippen molar-refractivity contribution in [2.45, 2.75) is 40.5 Å². The van der Waals surface area contributed by atoms with Crippen molar-refractivity contribution in [3.05, 3.63) is 23.8 Å². The van der Waals surface area contributed by atoms with Crippen LogP contribution >= 0.6 is 0 Å². The molecule has 0 aromatic rings. The van der Waals surface area contributed by atoms with E-state index in [4.69, 9.17) is 0 Å². The van der Waals surface area contributed by atoms with E-state index >= 15 is 0 Å². The van der Waals surface area contributed by atoms with Gasteiger partial charge < -0.3 is 0 Å². The van der Waals surface area contributed by atoms with Crippen LogP contribution in [0.15, 0.2) is 23.8 Å². The zero-order valence-corrected chi connectivity index (χ0v) is 9.22. The summed E-state index contributed by atoms with van der Waals surface area (Å²) < 4.78 is 0. The van der Waals surface area contributed by atoms with E-state index in [1.165, 1.54) is 12.8 Å². The first-order valence-electron chi connectivity index (χ1n) is 5.37. The summed E-state index contributed by atoms with van der Waals surface area (Å²) in [6, 6.07) is 0. The van der Waals surface area contributed by atoms with Crippen LogP contribution < -0.4 is 0 Å². The SMILES string of the molecule is CC=CC1=CC2CCC1(C)C2(C)C. The fraction of sp³-hybridized carbons (Fsp3) is 0.692. The summed E-state index contributed by atoms with van der Waals surface area (Å²) in [5.74, 6) is 0.823. The lowest BCUT2D eigenvalue weighted by Gasteiger charge is -2.36. The maximum Gasteiger partial charge on any atom is -0.00215 e. The zero-order valence-electron chi connectivity index (χ0n) is 9.22. The second-order valence-corrected chi connectivity index (χ2v) is 5.32. The third-order valence-electron chi connectivity index (χ3n) is 4.67. The second kappa shape index (κ2) is 2.50. The third kappa shape index (κ3) is 0.920. The molecule has 2 rings (SSSR count). The van der Waals surface area contributed by atoms with E-state index in [1.54, 1.807) is 5.57 Å². The largest absolute Gasteiger partial charge is 0.0874 e. The Bertz CT molecular complexity index is 280. The van der Waals surface area contributed by atoms with Gasteiger partial charge >= 0.3 is 0 Å². The minimum atomic E-state index is 0.449. The average molecular weight is 176 g/mol. The van der Waals surface area contributed by atoms with Crippen LogP contribution in [0, 0.1) is 16.7 Å². The van der Waals surface area contributed by atoms with E-state index in [1.807, 2.05) is 0 Å². The Kier molecular flexibility index (Phi) is 1.74. The van der Waals surface area contributed by atoms with E-state index < -0.39 is 0 Å². The van der Waals surface area contributed by atoms with Crippen molar-refractivity contribution < 1.29 is 0 Å². The molecule has 13 heavy (non-hydrogen) atoms. The van der Waals surface area contributed by atoms with Crippen LogP contribution in [0.25, 0.3) is 0 Å². The fourth-order valence-corrected chi connectivity index (χ4v) is 3.16. The van der Waals surface area contributed by atoms with Gasteiger partial charge in [-0.3, -0.25) is 0 Å². The first-order valence-corrected chi connectivity index (χ1v) is 5.37. The van der Waals surface area contributed by atoms with Crippen molar-refractivity contribution in [2.75, 3.05) is 0 Å². The Morgan fingerprint density at radius 2 is 2.08 bits per heavy atom. The lowest BCUT2D eigenvalue weighted by molar-refractivity contribution is 0.174. The smallest absolute Gasteiger partial charge is 0.00215 e. The zero-order chi connectivity index (χ0) is 9.69. The van der Waals surface area contributed by atoms with Crippen molar-refractivity contribution in [3.8, 4) is 0 Å². The van der Waals surface area contributed by atoms with E-state index in [-0.39, 0.29) is 0 Å². The van der Waals surface area contributed by atoms with Gasteiger partial charge in [-0.15, -0.1) is 0 Å². The van der Waals surface area contributed by atoms with Gasteiger partial charge in [0.2, 0.25) is 0 Å². The minimum absolute atomic E-state index is 0.449. The summed E-state index contributed by atoms with van der Waals surface area (Å²) in [7, 11) is 0. The van der Waals surface area contributed by atoms with E-state index in [2.05, 4.69) is 45.9 Å². The Hall–Kier alpha value is -0.520. The summed E-state index contributed by atoms with van der Waals surface area (Å²) in [6.07, 6.45) is 9.75. The molecule has 0 aromatic heterocycles. The average Bonchev–Trinajstić information content (AvgIpc) is 2.37. The Labute approximate surface area is 81.7 Å². The van der Waals surface area contributed by atoms with Crippen LogP contribution in [-0.4, -0.2) is 0 Å². The quantitative estimate of drug-likeness (QED) is 0.567. The fourth-order valence-electron chi connectivity index (χ4n) is 3.16. The van der Waals surface area contributed by atoms with Crippen LogP contribution in [-0.2, 0) is 0 Å². The van der Waals surface area contributed by atoms with Crippen molar-refractivity contribution in [1.29, 1.82) is 0 Å². The van der Waals surface area contributed by atoms with Crippen LogP contribution in [0.3, 0.4) is 0 Å². The number of hydrogen-bond donors (Lipinski definition) is 0. The van der Waals surface area contributed by atoms with Crippen LogP contribution in [0.5, 0.6) is 0 Å². The van der Waals surface area contributed by atoms with Gasteiger partial charge in [-0.25, -0.2) is 0 Å². The number of fused-ring (bicyclic) bond motifs is 2. The van der Waals surface area contributed by atoms with Crippen molar-refractivity contribution in [1.82, 2.24) is 0 Å². The van der Waals surface area contributed by atoms with Gasteiger partial charge in [0, 0.05) is 0 Å². The molecule has 0 N–H and O–H groups in total. The summed E-state index contributed by atoms with van der Waals surface area (Å²) in [6.45, 7) is 9.41. The van der Waals surface area contributed by atoms with Gasteiger partial charge in [0.1, 0.15) is 0 Å². The second-order valence-electron chi connectivity index (χ2n) is 5.32. The molecule has 0 nitrogen and oxygen atoms in total. The molecule has 1 saturated carbocycles. The topological polar surface area (TPSA) is 0 Å². The minimum Gasteiger partial charge on any atom is -0.0874 e. The first kappa shape index (κ1) is 9.05. The molecule has 0 amide bonds. The molecule has 0 aliphatic heterocycles. The molecule has 0 heterocycles. The molecule has 0 radical (unpaired) electrons. The maximum atomic E-state index is 2.50. The first-order chi connectivity index (χ1) is 6.02. The van der Waals surface area contributed by atoms with Gasteiger partial charge in [-0.1, -0.05) is 39.0 Å². The normalized spacial score (nSPS) is 41.5. The third-order valence-corrected chi connectivity index (χ3v) is 4.67. The Morgan fingerprint density at radius 1 is 1.38 bits per heavy atom. The molecule has 2 unspecified atom stereocenters. The molecule has 2 aliphatic rings. The molecule has 1 fully saturated rings. The van der Waals surface area contributed by atoms with Gasteiger partial charge in [-0.05, 0) is 42.1 Å². The lowest BCUT2D eigenvalue weighted by Crippen LogP contribution is -2.29. The summed E-state index contributed by atoms with van der Waals surface area (Å²) in [5.41, 5.74) is 2.52.